The van der Waals surface area contributed by atoms with E-state index in [4.69, 9.17) is 14.2 Å². The monoisotopic (exact) mass is 393 g/mol. The zero-order chi connectivity index (χ0) is 20.2. The fraction of sp³-hybridized carbons (Fsp3) is 0.667. The van der Waals surface area contributed by atoms with Crippen LogP contribution in [0.3, 0.4) is 0 Å². The summed E-state index contributed by atoms with van der Waals surface area (Å²) in [5.74, 6) is 0.729. The number of ether oxygens (including phenoxy) is 3. The number of hydrogen-bond donors (Lipinski definition) is 1. The summed E-state index contributed by atoms with van der Waals surface area (Å²) in [5.41, 5.74) is 0.942. The molecule has 0 aromatic heterocycles. The fourth-order valence-electron chi connectivity index (χ4n) is 3.03. The number of nitrogens with zero attached hydrogens (tertiary/aromatic N) is 3. The molecule has 7 heteroatoms. The number of aliphatic imine (C=N–C) groups is 1. The normalized spacial score (nSPS) is 17.5. The summed E-state index contributed by atoms with van der Waals surface area (Å²) in [5, 5.41) is 10.3. The van der Waals surface area contributed by atoms with Crippen molar-refractivity contribution in [2.24, 2.45) is 4.99 Å². The maximum absolute atomic E-state index is 10.3. The van der Waals surface area contributed by atoms with Gasteiger partial charge in [0.1, 0.15) is 18.5 Å². The fourth-order valence-corrected chi connectivity index (χ4v) is 3.03. The Balaban J connectivity index is 1.76. The molecule has 1 aromatic rings. The topological polar surface area (TPSA) is 66.8 Å². The number of aliphatic hydroxyl groups excluding tert-OH is 1. The second kappa shape index (κ2) is 12.9. The van der Waals surface area contributed by atoms with Gasteiger partial charge in [-0.1, -0.05) is 12.1 Å². The van der Waals surface area contributed by atoms with Crippen LogP contribution in [0.25, 0.3) is 0 Å². The number of aliphatic hydroxyl groups is 1. The molecule has 1 aliphatic heterocycles. The lowest BCUT2D eigenvalue weighted by Crippen LogP contribution is -2.47. The standard InChI is InChI=1S/C21H35N3O4/c1-4-26-21(27-5-2)15-22-14-18-7-6-8-20(13-18)28-17-19(25)16-24-11-9-23(3)10-12-24/h6-8,13-14,19,21,25H,4-5,9-12,15-17H2,1-3H3. The number of benzene rings is 1. The summed E-state index contributed by atoms with van der Waals surface area (Å²) >= 11 is 0. The van der Waals surface area contributed by atoms with Crippen molar-refractivity contribution in [1.82, 2.24) is 9.80 Å². The molecule has 0 amide bonds. The van der Waals surface area contributed by atoms with Crippen LogP contribution in [-0.4, -0.2) is 99.7 Å². The quantitative estimate of drug-likeness (QED) is 0.429. The van der Waals surface area contributed by atoms with Crippen LogP contribution in [0.15, 0.2) is 29.3 Å². The van der Waals surface area contributed by atoms with Crippen molar-refractivity contribution in [2.75, 3.05) is 66.1 Å². The Morgan fingerprint density at radius 2 is 1.86 bits per heavy atom. The van der Waals surface area contributed by atoms with Gasteiger partial charge in [0.15, 0.2) is 6.29 Å². The summed E-state index contributed by atoms with van der Waals surface area (Å²) in [6.07, 6.45) is 0.979. The molecule has 0 saturated carbocycles. The molecule has 7 nitrogen and oxygen atoms in total. The minimum Gasteiger partial charge on any atom is -0.491 e. The Hall–Kier alpha value is -1.51. The van der Waals surface area contributed by atoms with Gasteiger partial charge in [0.2, 0.25) is 0 Å². The molecule has 1 N–H and O–H groups in total. The average Bonchev–Trinajstić information content (AvgIpc) is 2.69. The lowest BCUT2D eigenvalue weighted by Gasteiger charge is -2.33. The van der Waals surface area contributed by atoms with Crippen LogP contribution in [0.1, 0.15) is 19.4 Å². The molecule has 1 atom stereocenters. The molecular weight excluding hydrogens is 358 g/mol. The third-order valence-corrected chi connectivity index (χ3v) is 4.57. The van der Waals surface area contributed by atoms with Crippen LogP contribution in [0.5, 0.6) is 5.75 Å². The molecule has 1 unspecified atom stereocenters. The van der Waals surface area contributed by atoms with Crippen LogP contribution < -0.4 is 4.74 Å². The summed E-state index contributed by atoms with van der Waals surface area (Å²) in [6, 6.07) is 7.70. The first-order valence-corrected chi connectivity index (χ1v) is 10.2. The van der Waals surface area contributed by atoms with Gasteiger partial charge in [-0.15, -0.1) is 0 Å². The zero-order valence-electron chi connectivity index (χ0n) is 17.4. The van der Waals surface area contributed by atoms with Gasteiger partial charge in [-0.2, -0.15) is 0 Å². The third-order valence-electron chi connectivity index (χ3n) is 4.57. The molecule has 0 aliphatic carbocycles. The van der Waals surface area contributed by atoms with Crippen molar-refractivity contribution >= 4 is 6.21 Å². The van der Waals surface area contributed by atoms with Crippen molar-refractivity contribution in [3.63, 3.8) is 0 Å². The summed E-state index contributed by atoms with van der Waals surface area (Å²) in [4.78, 5) is 8.99. The number of piperazine rings is 1. The highest BCUT2D eigenvalue weighted by Crippen LogP contribution is 2.13. The van der Waals surface area contributed by atoms with E-state index in [9.17, 15) is 5.11 Å². The molecule has 1 heterocycles. The Labute approximate surface area is 168 Å². The van der Waals surface area contributed by atoms with Crippen LogP contribution in [0.2, 0.25) is 0 Å². The van der Waals surface area contributed by atoms with Gasteiger partial charge in [-0.25, -0.2) is 0 Å². The van der Waals surface area contributed by atoms with E-state index in [0.717, 1.165) is 37.5 Å². The minimum atomic E-state index is -0.501. The molecule has 28 heavy (non-hydrogen) atoms. The molecule has 1 fully saturated rings. The Bertz CT molecular complexity index is 571. The summed E-state index contributed by atoms with van der Waals surface area (Å²) in [6.45, 7) is 10.5. The first kappa shape index (κ1) is 22.8. The predicted octanol–water partition coefficient (Wildman–Crippen LogP) is 1.49. The van der Waals surface area contributed by atoms with E-state index < -0.39 is 6.10 Å². The van der Waals surface area contributed by atoms with Crippen molar-refractivity contribution < 1.29 is 19.3 Å². The second-order valence-corrected chi connectivity index (χ2v) is 6.98. The summed E-state index contributed by atoms with van der Waals surface area (Å²) < 4.78 is 16.7. The van der Waals surface area contributed by atoms with Crippen molar-refractivity contribution in [3.05, 3.63) is 29.8 Å². The Kier molecular flexibility index (Phi) is 10.5. The van der Waals surface area contributed by atoms with Gasteiger partial charge >= 0.3 is 0 Å². The number of rotatable bonds is 12. The van der Waals surface area contributed by atoms with Gasteiger partial charge in [0.05, 0.1) is 6.54 Å². The predicted molar refractivity (Wildman–Crippen MR) is 111 cm³/mol. The van der Waals surface area contributed by atoms with Gasteiger partial charge in [-0.3, -0.25) is 9.89 Å². The van der Waals surface area contributed by atoms with E-state index >= 15 is 0 Å². The molecule has 0 radical (unpaired) electrons. The van der Waals surface area contributed by atoms with Crippen LogP contribution >= 0.6 is 0 Å². The largest absolute Gasteiger partial charge is 0.491 e. The van der Waals surface area contributed by atoms with Gasteiger partial charge in [0, 0.05) is 52.2 Å². The van der Waals surface area contributed by atoms with Gasteiger partial charge in [0.25, 0.3) is 0 Å². The van der Waals surface area contributed by atoms with E-state index in [2.05, 4.69) is 21.8 Å². The molecular formula is C21H35N3O4. The zero-order valence-corrected chi connectivity index (χ0v) is 17.4. The maximum Gasteiger partial charge on any atom is 0.176 e. The van der Waals surface area contributed by atoms with Gasteiger partial charge < -0.3 is 24.2 Å². The van der Waals surface area contributed by atoms with E-state index in [1.54, 1.807) is 6.21 Å². The lowest BCUT2D eigenvalue weighted by atomic mass is 10.2. The molecule has 1 aromatic carbocycles. The van der Waals surface area contributed by atoms with Crippen molar-refractivity contribution in [1.29, 1.82) is 0 Å². The molecule has 1 saturated heterocycles. The van der Waals surface area contributed by atoms with Crippen molar-refractivity contribution in [3.8, 4) is 5.75 Å². The summed E-state index contributed by atoms with van der Waals surface area (Å²) in [7, 11) is 2.13. The highest BCUT2D eigenvalue weighted by Gasteiger charge is 2.17. The smallest absolute Gasteiger partial charge is 0.176 e. The van der Waals surface area contributed by atoms with E-state index in [0.29, 0.717) is 26.3 Å². The maximum atomic E-state index is 10.3. The van der Waals surface area contributed by atoms with Crippen LogP contribution in [0.4, 0.5) is 0 Å². The van der Waals surface area contributed by atoms with Gasteiger partial charge in [-0.05, 0) is 38.6 Å². The number of hydrogen-bond acceptors (Lipinski definition) is 7. The first-order valence-electron chi connectivity index (χ1n) is 10.2. The van der Waals surface area contributed by atoms with Crippen molar-refractivity contribution in [2.45, 2.75) is 26.2 Å². The average molecular weight is 394 g/mol. The minimum absolute atomic E-state index is 0.281. The Morgan fingerprint density at radius 3 is 2.54 bits per heavy atom. The molecule has 158 valence electrons. The highest BCUT2D eigenvalue weighted by atomic mass is 16.7. The molecule has 1 aliphatic rings. The second-order valence-electron chi connectivity index (χ2n) is 6.98. The molecule has 0 bridgehead atoms. The van der Waals surface area contributed by atoms with Crippen LogP contribution in [-0.2, 0) is 9.47 Å². The molecule has 0 spiro atoms. The number of β-amino-alcohol motifs (C(OH)–C–C–N with tert-alkyl or cyclic N) is 1. The highest BCUT2D eigenvalue weighted by molar-refractivity contribution is 5.80. The number of likely N-dealkylation sites (N-methyl/N-ethyl adjacent to an activating group) is 1. The SMILES string of the molecule is CCOC(CN=Cc1cccc(OCC(O)CN2CCN(C)CC2)c1)OCC. The first-order chi connectivity index (χ1) is 13.6. The third kappa shape index (κ3) is 8.67. The Morgan fingerprint density at radius 1 is 1.14 bits per heavy atom. The van der Waals surface area contributed by atoms with E-state index in [1.165, 1.54) is 0 Å². The lowest BCUT2D eigenvalue weighted by molar-refractivity contribution is -0.128. The van der Waals surface area contributed by atoms with E-state index in [-0.39, 0.29) is 12.9 Å². The van der Waals surface area contributed by atoms with E-state index in [1.807, 2.05) is 38.1 Å². The van der Waals surface area contributed by atoms with Crippen LogP contribution in [0, 0.1) is 0 Å². The molecule has 2 rings (SSSR count).